The number of nitrogen functional groups attached to an aromatic ring is 1. The Morgan fingerprint density at radius 3 is 2.70 bits per heavy atom. The minimum Gasteiger partial charge on any atom is -0.397 e. The Morgan fingerprint density at radius 2 is 2.05 bits per heavy atom. The second kappa shape index (κ2) is 6.24. The number of hydrogen-bond donors (Lipinski definition) is 2. The van der Waals surface area contributed by atoms with Crippen LogP contribution in [-0.4, -0.2) is 5.91 Å². The Labute approximate surface area is 138 Å². The van der Waals surface area contributed by atoms with E-state index in [1.807, 2.05) is 18.2 Å². The molecule has 0 heterocycles. The highest BCUT2D eigenvalue weighted by Crippen LogP contribution is 2.23. The van der Waals surface area contributed by atoms with Crippen LogP contribution < -0.4 is 11.1 Å². The van der Waals surface area contributed by atoms with E-state index >= 15 is 0 Å². The summed E-state index contributed by atoms with van der Waals surface area (Å²) in [5.74, 6) is -0.243. The van der Waals surface area contributed by atoms with Crippen molar-refractivity contribution in [3.63, 3.8) is 0 Å². The monoisotopic (exact) mass is 441 g/mol. The van der Waals surface area contributed by atoms with Gasteiger partial charge in [-0.1, -0.05) is 15.9 Å². The third kappa shape index (κ3) is 3.29. The molecule has 1 amide bonds. The van der Waals surface area contributed by atoms with Gasteiger partial charge in [0.2, 0.25) is 0 Å². The summed E-state index contributed by atoms with van der Waals surface area (Å²) in [4.78, 5) is 12.2. The zero-order chi connectivity index (χ0) is 14.7. The average molecular weight is 442 g/mol. The molecule has 0 radical (unpaired) electrons. The van der Waals surface area contributed by atoms with Crippen molar-refractivity contribution < 1.29 is 4.79 Å². The number of halogens is 2. The number of hydrogen-bond acceptors (Lipinski definition) is 3. The molecular formula is C14H9BrIN3O. The fraction of sp³-hybridized carbons (Fsp3) is 0. The van der Waals surface area contributed by atoms with E-state index in [9.17, 15) is 4.79 Å². The van der Waals surface area contributed by atoms with Gasteiger partial charge in [0, 0.05) is 8.04 Å². The minimum absolute atomic E-state index is 0.243. The lowest BCUT2D eigenvalue weighted by atomic mass is 10.1. The normalized spacial score (nSPS) is 9.85. The molecule has 0 fully saturated rings. The summed E-state index contributed by atoms with van der Waals surface area (Å²) < 4.78 is 1.67. The van der Waals surface area contributed by atoms with Gasteiger partial charge in [-0.2, -0.15) is 5.26 Å². The third-order valence-corrected chi connectivity index (χ3v) is 4.04. The van der Waals surface area contributed by atoms with Gasteiger partial charge in [-0.25, -0.2) is 0 Å². The molecule has 0 aliphatic carbocycles. The van der Waals surface area contributed by atoms with Crippen molar-refractivity contribution in [1.82, 2.24) is 0 Å². The lowest BCUT2D eigenvalue weighted by Gasteiger charge is -2.10. The van der Waals surface area contributed by atoms with Crippen LogP contribution in [0.3, 0.4) is 0 Å². The zero-order valence-electron chi connectivity index (χ0n) is 10.2. The second-order valence-electron chi connectivity index (χ2n) is 3.99. The number of benzene rings is 2. The molecule has 0 aromatic heterocycles. The minimum atomic E-state index is -0.243. The predicted molar refractivity (Wildman–Crippen MR) is 90.4 cm³/mol. The molecule has 0 spiro atoms. The van der Waals surface area contributed by atoms with E-state index in [-0.39, 0.29) is 5.91 Å². The molecule has 0 atom stereocenters. The molecule has 0 aliphatic heterocycles. The van der Waals surface area contributed by atoms with Crippen molar-refractivity contribution in [2.24, 2.45) is 0 Å². The van der Waals surface area contributed by atoms with E-state index in [0.29, 0.717) is 22.5 Å². The van der Waals surface area contributed by atoms with Crippen LogP contribution in [-0.2, 0) is 0 Å². The maximum absolute atomic E-state index is 12.2. The Hall–Kier alpha value is -1.59. The van der Waals surface area contributed by atoms with Gasteiger partial charge >= 0.3 is 0 Å². The summed E-state index contributed by atoms with van der Waals surface area (Å²) in [5, 5.41) is 11.5. The van der Waals surface area contributed by atoms with Gasteiger partial charge in [-0.05, 0) is 59.0 Å². The Bertz CT molecular complexity index is 725. The molecule has 2 rings (SSSR count). The standard InChI is InChI=1S/C14H9BrIN3O/c15-9-2-3-11(16)10(6-9)14(20)19-13-4-1-8(7-17)5-12(13)18/h1-6H,18H2,(H,19,20). The van der Waals surface area contributed by atoms with Gasteiger partial charge in [0.05, 0.1) is 28.6 Å². The molecular weight excluding hydrogens is 433 g/mol. The summed E-state index contributed by atoms with van der Waals surface area (Å²) in [5.41, 5.74) is 7.68. The summed E-state index contributed by atoms with van der Waals surface area (Å²) in [7, 11) is 0. The molecule has 6 heteroatoms. The van der Waals surface area contributed by atoms with Crippen LogP contribution in [0.4, 0.5) is 11.4 Å². The third-order valence-electron chi connectivity index (χ3n) is 2.60. The van der Waals surface area contributed by atoms with Gasteiger partial charge < -0.3 is 11.1 Å². The highest BCUT2D eigenvalue weighted by molar-refractivity contribution is 14.1. The molecule has 0 saturated carbocycles. The zero-order valence-corrected chi connectivity index (χ0v) is 13.9. The van der Waals surface area contributed by atoms with Gasteiger partial charge in [0.25, 0.3) is 5.91 Å². The molecule has 0 bridgehead atoms. The van der Waals surface area contributed by atoms with Crippen molar-refractivity contribution in [1.29, 1.82) is 5.26 Å². The summed E-state index contributed by atoms with van der Waals surface area (Å²) in [6.45, 7) is 0. The highest BCUT2D eigenvalue weighted by atomic mass is 127. The molecule has 2 aromatic carbocycles. The van der Waals surface area contributed by atoms with Gasteiger partial charge in [0.15, 0.2) is 0 Å². The molecule has 100 valence electrons. The van der Waals surface area contributed by atoms with Crippen molar-refractivity contribution in [2.75, 3.05) is 11.1 Å². The van der Waals surface area contributed by atoms with Crippen LogP contribution in [0.1, 0.15) is 15.9 Å². The first kappa shape index (κ1) is 14.8. The quantitative estimate of drug-likeness (QED) is 0.550. The number of carbonyl (C=O) groups excluding carboxylic acids is 1. The topological polar surface area (TPSA) is 78.9 Å². The van der Waals surface area contributed by atoms with Crippen LogP contribution in [0.15, 0.2) is 40.9 Å². The summed E-state index contributed by atoms with van der Waals surface area (Å²) in [6, 6.07) is 12.2. The van der Waals surface area contributed by atoms with Gasteiger partial charge in [-0.3, -0.25) is 4.79 Å². The molecule has 0 aliphatic rings. The molecule has 0 saturated heterocycles. The number of anilines is 2. The Kier molecular flexibility index (Phi) is 4.62. The highest BCUT2D eigenvalue weighted by Gasteiger charge is 2.12. The van der Waals surface area contributed by atoms with E-state index in [1.165, 1.54) is 6.07 Å². The lowest BCUT2D eigenvalue weighted by Crippen LogP contribution is -2.14. The SMILES string of the molecule is N#Cc1ccc(NC(=O)c2cc(Br)ccc2I)c(N)c1. The molecule has 0 unspecified atom stereocenters. The van der Waals surface area contributed by atoms with Gasteiger partial charge in [-0.15, -0.1) is 0 Å². The van der Waals surface area contributed by atoms with Gasteiger partial charge in [0.1, 0.15) is 0 Å². The number of nitrogens with two attached hydrogens (primary N) is 1. The van der Waals surface area contributed by atoms with Crippen molar-refractivity contribution in [3.8, 4) is 6.07 Å². The van der Waals surface area contributed by atoms with Crippen molar-refractivity contribution in [3.05, 3.63) is 55.6 Å². The average Bonchev–Trinajstić information content (AvgIpc) is 2.43. The van der Waals surface area contributed by atoms with Crippen LogP contribution in [0.5, 0.6) is 0 Å². The fourth-order valence-electron chi connectivity index (χ4n) is 1.61. The van der Waals surface area contributed by atoms with E-state index in [0.717, 1.165) is 8.04 Å². The first-order chi connectivity index (χ1) is 9.51. The number of nitrogens with one attached hydrogen (secondary N) is 1. The molecule has 3 N–H and O–H groups in total. The van der Waals surface area contributed by atoms with Crippen LogP contribution in [0.25, 0.3) is 0 Å². The molecule has 20 heavy (non-hydrogen) atoms. The smallest absolute Gasteiger partial charge is 0.256 e. The predicted octanol–water partition coefficient (Wildman–Crippen LogP) is 3.76. The largest absolute Gasteiger partial charge is 0.397 e. The van der Waals surface area contributed by atoms with E-state index in [2.05, 4.69) is 43.8 Å². The Morgan fingerprint density at radius 1 is 1.30 bits per heavy atom. The van der Waals surface area contributed by atoms with Crippen LogP contribution >= 0.6 is 38.5 Å². The lowest BCUT2D eigenvalue weighted by molar-refractivity contribution is 0.102. The first-order valence-electron chi connectivity index (χ1n) is 5.57. The number of rotatable bonds is 2. The Balaban J connectivity index is 2.28. The van der Waals surface area contributed by atoms with E-state index < -0.39 is 0 Å². The fourth-order valence-corrected chi connectivity index (χ4v) is 2.55. The van der Waals surface area contributed by atoms with E-state index in [1.54, 1.807) is 18.2 Å². The number of amides is 1. The molecule has 4 nitrogen and oxygen atoms in total. The maximum Gasteiger partial charge on any atom is 0.256 e. The van der Waals surface area contributed by atoms with Crippen molar-refractivity contribution >= 4 is 55.8 Å². The van der Waals surface area contributed by atoms with Crippen molar-refractivity contribution in [2.45, 2.75) is 0 Å². The molecule has 2 aromatic rings. The second-order valence-corrected chi connectivity index (χ2v) is 6.07. The number of nitrogens with zero attached hydrogens (tertiary/aromatic N) is 1. The summed E-state index contributed by atoms with van der Waals surface area (Å²) in [6.07, 6.45) is 0. The maximum atomic E-state index is 12.2. The first-order valence-corrected chi connectivity index (χ1v) is 7.44. The number of nitriles is 1. The van der Waals surface area contributed by atoms with E-state index in [4.69, 9.17) is 11.0 Å². The summed E-state index contributed by atoms with van der Waals surface area (Å²) >= 11 is 5.44. The van der Waals surface area contributed by atoms with Crippen LogP contribution in [0.2, 0.25) is 0 Å². The number of carbonyl (C=O) groups is 1. The van der Waals surface area contributed by atoms with Crippen LogP contribution in [0, 0.1) is 14.9 Å².